The molecule has 4 unspecified atom stereocenters. The van der Waals surface area contributed by atoms with Crippen LogP contribution < -0.4 is 5.32 Å². The molecule has 0 aliphatic rings. The number of carbonyl (C=O) groups is 1. The summed E-state index contributed by atoms with van der Waals surface area (Å²) in [5.74, 6) is -0.604. The number of nitrogens with one attached hydrogen (secondary N) is 1. The van der Waals surface area contributed by atoms with Gasteiger partial charge in [0.2, 0.25) is 5.91 Å². The van der Waals surface area contributed by atoms with Gasteiger partial charge in [-0.25, -0.2) is 0 Å². The maximum Gasteiger partial charge on any atom is 0.249 e. The Labute approximate surface area is 359 Å². The molecule has 0 fully saturated rings. The largest absolute Gasteiger partial charge is 0.394 e. The highest BCUT2D eigenvalue weighted by atomic mass is 16.3. The molecule has 6 nitrogen and oxygen atoms in total. The molecule has 0 aliphatic carbocycles. The zero-order valence-corrected chi connectivity index (χ0v) is 38.3. The summed E-state index contributed by atoms with van der Waals surface area (Å²) in [6.07, 6.45) is 57.3. The number of hydrogen-bond acceptors (Lipinski definition) is 5. The first kappa shape index (κ1) is 56.3. The van der Waals surface area contributed by atoms with Crippen LogP contribution >= 0.6 is 0 Å². The van der Waals surface area contributed by atoms with Crippen LogP contribution in [0.15, 0.2) is 48.6 Å². The zero-order chi connectivity index (χ0) is 42.4. The summed E-state index contributed by atoms with van der Waals surface area (Å²) in [4.78, 5) is 12.5. The lowest BCUT2D eigenvalue weighted by atomic mass is 10.00. The standard InChI is InChI=1S/C52H97NO5/c1-3-5-7-9-11-13-15-17-19-21-23-24-25-26-27-28-30-31-33-35-37-39-41-43-45-49(55)51(57)48(47-54)53-52(58)50(56)46-44-42-40-38-36-34-32-29-22-20-18-16-14-12-10-8-6-4-2/h22,25-26,29-31,37,39,48-51,54-57H,3-21,23-24,27-28,32-36,38,40-47H2,1-2H3,(H,53,58)/b26-25+,29-22-,31-30+,39-37+. The minimum absolute atomic E-state index is 0.350. The monoisotopic (exact) mass is 816 g/mol. The van der Waals surface area contributed by atoms with Crippen molar-refractivity contribution in [3.8, 4) is 0 Å². The second-order valence-corrected chi connectivity index (χ2v) is 17.1. The van der Waals surface area contributed by atoms with Crippen molar-refractivity contribution >= 4 is 5.91 Å². The van der Waals surface area contributed by atoms with Crippen molar-refractivity contribution in [2.75, 3.05) is 6.61 Å². The van der Waals surface area contributed by atoms with Gasteiger partial charge in [-0.05, 0) is 89.9 Å². The molecule has 0 aromatic carbocycles. The fraction of sp³-hybridized carbons (Fsp3) is 0.827. The van der Waals surface area contributed by atoms with Gasteiger partial charge >= 0.3 is 0 Å². The summed E-state index contributed by atoms with van der Waals surface area (Å²) < 4.78 is 0. The van der Waals surface area contributed by atoms with Gasteiger partial charge in [0.1, 0.15) is 12.2 Å². The van der Waals surface area contributed by atoms with Gasteiger partial charge in [-0.1, -0.05) is 204 Å². The SMILES string of the molecule is CCCCCCCCCC/C=C\CCCCCCCCC(O)C(=O)NC(CO)C(O)C(O)CCC/C=C/CC/C=C/CC/C=C/CCCCCCCCCCCCC. The molecule has 4 atom stereocenters. The molecule has 340 valence electrons. The molecule has 0 aromatic heterocycles. The molecule has 0 saturated heterocycles. The summed E-state index contributed by atoms with van der Waals surface area (Å²) >= 11 is 0. The van der Waals surface area contributed by atoms with Gasteiger partial charge in [0.05, 0.1) is 18.8 Å². The van der Waals surface area contributed by atoms with Crippen LogP contribution in [0.2, 0.25) is 0 Å². The third kappa shape index (κ3) is 39.7. The summed E-state index contributed by atoms with van der Waals surface area (Å²) in [5, 5.41) is 43.8. The minimum Gasteiger partial charge on any atom is -0.394 e. The highest BCUT2D eigenvalue weighted by molar-refractivity contribution is 5.80. The Bertz CT molecular complexity index is 961. The molecule has 0 heterocycles. The number of hydrogen-bond donors (Lipinski definition) is 5. The molecule has 0 spiro atoms. The van der Waals surface area contributed by atoms with E-state index in [1.807, 2.05) is 0 Å². The quantitative estimate of drug-likeness (QED) is 0.0311. The Kier molecular flexibility index (Phi) is 45.0. The number of carbonyl (C=O) groups excluding carboxylic acids is 1. The van der Waals surface area contributed by atoms with Crippen LogP contribution in [0.5, 0.6) is 0 Å². The number of aliphatic hydroxyl groups is 4. The number of unbranched alkanes of at least 4 members (excludes halogenated alkanes) is 28. The van der Waals surface area contributed by atoms with E-state index in [4.69, 9.17) is 0 Å². The Hall–Kier alpha value is -1.73. The molecular weight excluding hydrogens is 719 g/mol. The molecule has 5 N–H and O–H groups in total. The summed E-state index contributed by atoms with van der Waals surface area (Å²) in [5.41, 5.74) is 0. The molecule has 0 radical (unpaired) electrons. The highest BCUT2D eigenvalue weighted by Gasteiger charge is 2.28. The Morgan fingerprint density at radius 3 is 1.09 bits per heavy atom. The molecule has 58 heavy (non-hydrogen) atoms. The number of allylic oxidation sites excluding steroid dienone is 8. The van der Waals surface area contributed by atoms with Crippen molar-refractivity contribution in [3.63, 3.8) is 0 Å². The summed E-state index contributed by atoms with van der Waals surface area (Å²) in [6, 6.07) is -1.02. The first-order valence-corrected chi connectivity index (χ1v) is 25.0. The van der Waals surface area contributed by atoms with E-state index in [0.29, 0.717) is 19.3 Å². The van der Waals surface area contributed by atoms with E-state index in [1.54, 1.807) is 0 Å². The van der Waals surface area contributed by atoms with Crippen LogP contribution in [0, 0.1) is 0 Å². The number of amides is 1. The molecule has 0 aliphatic heterocycles. The maximum atomic E-state index is 12.5. The zero-order valence-electron chi connectivity index (χ0n) is 38.3. The van der Waals surface area contributed by atoms with Crippen molar-refractivity contribution in [2.45, 2.75) is 269 Å². The van der Waals surface area contributed by atoms with E-state index in [1.165, 1.54) is 148 Å². The van der Waals surface area contributed by atoms with Crippen molar-refractivity contribution < 1.29 is 25.2 Å². The van der Waals surface area contributed by atoms with Gasteiger partial charge in [-0.2, -0.15) is 0 Å². The van der Waals surface area contributed by atoms with E-state index < -0.39 is 36.9 Å². The molecule has 0 saturated carbocycles. The lowest BCUT2D eigenvalue weighted by Gasteiger charge is -2.27. The van der Waals surface area contributed by atoms with E-state index in [2.05, 4.69) is 67.8 Å². The van der Waals surface area contributed by atoms with Crippen LogP contribution in [-0.2, 0) is 4.79 Å². The lowest BCUT2D eigenvalue weighted by Crippen LogP contribution is -2.53. The Balaban J connectivity index is 3.79. The van der Waals surface area contributed by atoms with E-state index >= 15 is 0 Å². The number of rotatable bonds is 45. The van der Waals surface area contributed by atoms with E-state index in [-0.39, 0.29) is 0 Å². The molecule has 0 aromatic rings. The van der Waals surface area contributed by atoms with Gasteiger partial charge in [0.25, 0.3) is 0 Å². The Morgan fingerprint density at radius 1 is 0.414 bits per heavy atom. The molecular formula is C52H97NO5. The van der Waals surface area contributed by atoms with Crippen LogP contribution in [0.1, 0.15) is 245 Å². The van der Waals surface area contributed by atoms with Crippen molar-refractivity contribution in [2.24, 2.45) is 0 Å². The summed E-state index contributed by atoms with van der Waals surface area (Å²) in [7, 11) is 0. The maximum absolute atomic E-state index is 12.5. The minimum atomic E-state index is -1.30. The highest BCUT2D eigenvalue weighted by Crippen LogP contribution is 2.15. The molecule has 6 heteroatoms. The van der Waals surface area contributed by atoms with E-state index in [9.17, 15) is 25.2 Å². The normalized spacial score (nSPS) is 14.4. The predicted octanol–water partition coefficient (Wildman–Crippen LogP) is 13.9. The second-order valence-electron chi connectivity index (χ2n) is 17.1. The Morgan fingerprint density at radius 2 is 0.724 bits per heavy atom. The summed E-state index contributed by atoms with van der Waals surface area (Å²) in [6.45, 7) is 4.04. The van der Waals surface area contributed by atoms with Gasteiger partial charge in [0.15, 0.2) is 0 Å². The molecule has 0 rings (SSSR count). The first-order chi connectivity index (χ1) is 28.5. The average Bonchev–Trinajstić information content (AvgIpc) is 3.23. The van der Waals surface area contributed by atoms with Crippen LogP contribution in [-0.4, -0.2) is 57.3 Å². The van der Waals surface area contributed by atoms with Crippen LogP contribution in [0.25, 0.3) is 0 Å². The fourth-order valence-electron chi connectivity index (χ4n) is 7.49. The van der Waals surface area contributed by atoms with Crippen LogP contribution in [0.3, 0.4) is 0 Å². The van der Waals surface area contributed by atoms with Crippen molar-refractivity contribution in [1.82, 2.24) is 5.32 Å². The van der Waals surface area contributed by atoms with Gasteiger partial charge in [-0.3, -0.25) is 4.79 Å². The lowest BCUT2D eigenvalue weighted by molar-refractivity contribution is -0.132. The average molecular weight is 816 g/mol. The fourth-order valence-corrected chi connectivity index (χ4v) is 7.49. The smallest absolute Gasteiger partial charge is 0.249 e. The van der Waals surface area contributed by atoms with Crippen molar-refractivity contribution in [3.05, 3.63) is 48.6 Å². The van der Waals surface area contributed by atoms with Crippen LogP contribution in [0.4, 0.5) is 0 Å². The van der Waals surface area contributed by atoms with Gasteiger partial charge in [0, 0.05) is 0 Å². The van der Waals surface area contributed by atoms with Gasteiger partial charge in [-0.15, -0.1) is 0 Å². The molecule has 0 bridgehead atoms. The van der Waals surface area contributed by atoms with Crippen molar-refractivity contribution in [1.29, 1.82) is 0 Å². The number of aliphatic hydroxyl groups excluding tert-OH is 4. The third-order valence-electron chi connectivity index (χ3n) is 11.5. The second kappa shape index (κ2) is 46.3. The first-order valence-electron chi connectivity index (χ1n) is 25.0. The third-order valence-corrected chi connectivity index (χ3v) is 11.5. The topological polar surface area (TPSA) is 110 Å². The van der Waals surface area contributed by atoms with E-state index in [0.717, 1.165) is 64.2 Å². The molecule has 1 amide bonds. The van der Waals surface area contributed by atoms with Gasteiger partial charge < -0.3 is 25.7 Å². The predicted molar refractivity (Wildman–Crippen MR) is 251 cm³/mol.